The van der Waals surface area contributed by atoms with Crippen LogP contribution in [0.2, 0.25) is 0 Å². The number of ether oxygens (including phenoxy) is 1. The van der Waals surface area contributed by atoms with Gasteiger partial charge in [-0.3, -0.25) is 4.79 Å². The van der Waals surface area contributed by atoms with Gasteiger partial charge in [0, 0.05) is 0 Å². The smallest absolute Gasteiger partial charge is 0.259 e. The summed E-state index contributed by atoms with van der Waals surface area (Å²) in [4.78, 5) is 12.0. The highest BCUT2D eigenvalue weighted by molar-refractivity contribution is 6.04. The summed E-state index contributed by atoms with van der Waals surface area (Å²) < 4.78 is 10.3. The highest BCUT2D eigenvalue weighted by Gasteiger charge is 2.11. The number of carbonyl (C=O) groups is 1. The average Bonchev–Trinajstić information content (AvgIpc) is 2.84. The SMILES string of the molecule is Cc1cc(C(=O)Nc2ccccc2OCC#N)co1. The molecule has 0 unspecified atom stereocenters. The van der Waals surface area contributed by atoms with Gasteiger partial charge in [-0.1, -0.05) is 12.1 Å². The van der Waals surface area contributed by atoms with E-state index in [0.29, 0.717) is 22.8 Å². The Morgan fingerprint density at radius 1 is 1.47 bits per heavy atom. The number of nitrogens with zero attached hydrogens (tertiary/aromatic N) is 1. The number of para-hydroxylation sites is 2. The van der Waals surface area contributed by atoms with Crippen LogP contribution in [-0.4, -0.2) is 12.5 Å². The number of nitriles is 1. The maximum atomic E-state index is 12.0. The molecule has 96 valence electrons. The van der Waals surface area contributed by atoms with Gasteiger partial charge in [-0.2, -0.15) is 5.26 Å². The largest absolute Gasteiger partial charge is 0.477 e. The summed E-state index contributed by atoms with van der Waals surface area (Å²) in [6.07, 6.45) is 1.39. The van der Waals surface area contributed by atoms with Crippen LogP contribution in [0.25, 0.3) is 0 Å². The van der Waals surface area contributed by atoms with E-state index in [4.69, 9.17) is 14.4 Å². The fourth-order valence-electron chi connectivity index (χ4n) is 1.56. The molecule has 0 aliphatic heterocycles. The lowest BCUT2D eigenvalue weighted by Gasteiger charge is -2.09. The minimum absolute atomic E-state index is 0.0717. The first-order chi connectivity index (χ1) is 9.20. The van der Waals surface area contributed by atoms with Gasteiger partial charge in [-0.25, -0.2) is 0 Å². The fourth-order valence-corrected chi connectivity index (χ4v) is 1.56. The third kappa shape index (κ3) is 3.13. The highest BCUT2D eigenvalue weighted by Crippen LogP contribution is 2.24. The van der Waals surface area contributed by atoms with Crippen molar-refractivity contribution in [2.75, 3.05) is 11.9 Å². The summed E-state index contributed by atoms with van der Waals surface area (Å²) >= 11 is 0. The maximum Gasteiger partial charge on any atom is 0.259 e. The van der Waals surface area contributed by atoms with Gasteiger partial charge in [0.1, 0.15) is 23.8 Å². The molecule has 5 nitrogen and oxygen atoms in total. The van der Waals surface area contributed by atoms with E-state index in [1.807, 2.05) is 6.07 Å². The van der Waals surface area contributed by atoms with Crippen LogP contribution in [0.5, 0.6) is 5.75 Å². The second-order valence-electron chi connectivity index (χ2n) is 3.84. The van der Waals surface area contributed by atoms with Crippen molar-refractivity contribution >= 4 is 11.6 Å². The monoisotopic (exact) mass is 256 g/mol. The molecule has 0 bridgehead atoms. The third-order valence-corrected chi connectivity index (χ3v) is 2.42. The van der Waals surface area contributed by atoms with E-state index >= 15 is 0 Å². The van der Waals surface area contributed by atoms with Gasteiger partial charge in [0.05, 0.1) is 11.3 Å². The molecule has 5 heteroatoms. The molecule has 0 saturated carbocycles. The maximum absolute atomic E-state index is 12.0. The Labute approximate surface area is 110 Å². The highest BCUT2D eigenvalue weighted by atomic mass is 16.5. The molecule has 0 atom stereocenters. The molecule has 0 spiro atoms. The first-order valence-electron chi connectivity index (χ1n) is 5.66. The van der Waals surface area contributed by atoms with Crippen molar-refractivity contribution in [2.45, 2.75) is 6.92 Å². The van der Waals surface area contributed by atoms with Crippen molar-refractivity contribution in [1.29, 1.82) is 5.26 Å². The number of rotatable bonds is 4. The zero-order valence-corrected chi connectivity index (χ0v) is 10.3. The van der Waals surface area contributed by atoms with Crippen LogP contribution in [0.15, 0.2) is 41.0 Å². The Kier molecular flexibility index (Phi) is 3.84. The minimum Gasteiger partial charge on any atom is -0.477 e. The number of hydrogen-bond donors (Lipinski definition) is 1. The van der Waals surface area contributed by atoms with Gasteiger partial charge in [0.25, 0.3) is 5.91 Å². The molecule has 1 aromatic heterocycles. The molecule has 1 heterocycles. The van der Waals surface area contributed by atoms with Crippen LogP contribution in [0.3, 0.4) is 0 Å². The molecular weight excluding hydrogens is 244 g/mol. The van der Waals surface area contributed by atoms with Gasteiger partial charge < -0.3 is 14.5 Å². The zero-order chi connectivity index (χ0) is 13.7. The second-order valence-corrected chi connectivity index (χ2v) is 3.84. The number of benzene rings is 1. The molecule has 0 aliphatic carbocycles. The van der Waals surface area contributed by atoms with Crippen LogP contribution < -0.4 is 10.1 Å². The summed E-state index contributed by atoms with van der Waals surface area (Å²) in [6.45, 7) is 1.69. The number of furan rings is 1. The van der Waals surface area contributed by atoms with Crippen molar-refractivity contribution in [3.8, 4) is 11.8 Å². The van der Waals surface area contributed by atoms with Crippen LogP contribution in [0.4, 0.5) is 5.69 Å². The summed E-state index contributed by atoms with van der Waals surface area (Å²) in [5.41, 5.74) is 0.953. The second kappa shape index (κ2) is 5.74. The Balaban J connectivity index is 2.14. The first-order valence-corrected chi connectivity index (χ1v) is 5.66. The Hall–Kier alpha value is -2.74. The molecule has 0 radical (unpaired) electrons. The Bertz CT molecular complexity index is 626. The predicted octanol–water partition coefficient (Wildman–Crippen LogP) is 2.74. The van der Waals surface area contributed by atoms with Crippen LogP contribution in [0, 0.1) is 18.3 Å². The van der Waals surface area contributed by atoms with Crippen molar-refractivity contribution < 1.29 is 13.9 Å². The van der Waals surface area contributed by atoms with Crippen LogP contribution in [0.1, 0.15) is 16.1 Å². The molecule has 0 saturated heterocycles. The van der Waals surface area contributed by atoms with Crippen LogP contribution in [-0.2, 0) is 0 Å². The van der Waals surface area contributed by atoms with Crippen molar-refractivity contribution in [3.63, 3.8) is 0 Å². The molecular formula is C14H12N2O3. The average molecular weight is 256 g/mol. The quantitative estimate of drug-likeness (QED) is 0.912. The molecule has 1 N–H and O–H groups in total. The van der Waals surface area contributed by atoms with Gasteiger partial charge in [0.15, 0.2) is 6.61 Å². The number of nitrogens with one attached hydrogen (secondary N) is 1. The summed E-state index contributed by atoms with van der Waals surface area (Å²) in [5, 5.41) is 11.2. The predicted molar refractivity (Wildman–Crippen MR) is 68.9 cm³/mol. The van der Waals surface area contributed by atoms with E-state index in [2.05, 4.69) is 5.32 Å². The molecule has 0 aliphatic rings. The Morgan fingerprint density at radius 2 is 2.26 bits per heavy atom. The molecule has 1 aromatic carbocycles. The number of amides is 1. The minimum atomic E-state index is -0.287. The van der Waals surface area contributed by atoms with Crippen molar-refractivity contribution in [3.05, 3.63) is 47.9 Å². The third-order valence-electron chi connectivity index (χ3n) is 2.42. The van der Waals surface area contributed by atoms with Crippen LogP contribution >= 0.6 is 0 Å². The lowest BCUT2D eigenvalue weighted by molar-refractivity contribution is 0.102. The number of hydrogen-bond acceptors (Lipinski definition) is 4. The lowest BCUT2D eigenvalue weighted by atomic mass is 10.2. The van der Waals surface area contributed by atoms with Gasteiger partial charge in [0.2, 0.25) is 0 Å². The standard InChI is InChI=1S/C14H12N2O3/c1-10-8-11(9-19-10)14(17)16-12-4-2-3-5-13(12)18-7-6-15/h2-5,8-9H,7H2,1H3,(H,16,17). The van der Waals surface area contributed by atoms with E-state index < -0.39 is 0 Å². The molecule has 2 aromatic rings. The van der Waals surface area contributed by atoms with E-state index in [-0.39, 0.29) is 12.5 Å². The molecule has 2 rings (SSSR count). The van der Waals surface area contributed by atoms with E-state index in [0.717, 1.165) is 0 Å². The lowest BCUT2D eigenvalue weighted by Crippen LogP contribution is -2.12. The normalized spacial score (nSPS) is 9.68. The Morgan fingerprint density at radius 3 is 2.95 bits per heavy atom. The van der Waals surface area contributed by atoms with Gasteiger partial charge in [-0.15, -0.1) is 0 Å². The van der Waals surface area contributed by atoms with Gasteiger partial charge in [-0.05, 0) is 25.1 Å². The number of carbonyl (C=O) groups excluding carboxylic acids is 1. The zero-order valence-electron chi connectivity index (χ0n) is 10.3. The number of aryl methyl sites for hydroxylation is 1. The topological polar surface area (TPSA) is 75.3 Å². The fraction of sp³-hybridized carbons (Fsp3) is 0.143. The number of anilines is 1. The van der Waals surface area contributed by atoms with E-state index in [1.165, 1.54) is 6.26 Å². The molecule has 1 amide bonds. The van der Waals surface area contributed by atoms with Crippen molar-refractivity contribution in [1.82, 2.24) is 0 Å². The van der Waals surface area contributed by atoms with E-state index in [1.54, 1.807) is 37.3 Å². The van der Waals surface area contributed by atoms with E-state index in [9.17, 15) is 4.79 Å². The first kappa shape index (κ1) is 12.7. The molecule has 19 heavy (non-hydrogen) atoms. The summed E-state index contributed by atoms with van der Waals surface area (Å²) in [7, 11) is 0. The van der Waals surface area contributed by atoms with Gasteiger partial charge >= 0.3 is 0 Å². The summed E-state index contributed by atoms with van der Waals surface area (Å²) in [6, 6.07) is 10.5. The molecule has 0 fully saturated rings. The van der Waals surface area contributed by atoms with Crippen molar-refractivity contribution in [2.24, 2.45) is 0 Å². The summed E-state index contributed by atoms with van der Waals surface area (Å²) in [5.74, 6) is 0.835.